The van der Waals surface area contributed by atoms with Gasteiger partial charge in [-0.1, -0.05) is 0 Å². The van der Waals surface area contributed by atoms with E-state index in [0.717, 1.165) is 12.2 Å². The monoisotopic (exact) mass is 300 g/mol. The van der Waals surface area contributed by atoms with Gasteiger partial charge in [-0.25, -0.2) is 8.42 Å². The van der Waals surface area contributed by atoms with Crippen LogP contribution in [0.25, 0.3) is 0 Å². The predicted octanol–water partition coefficient (Wildman–Crippen LogP) is 0.449. The fourth-order valence-corrected chi connectivity index (χ4v) is 4.02. The van der Waals surface area contributed by atoms with Gasteiger partial charge in [0.25, 0.3) is 0 Å². The first-order chi connectivity index (χ1) is 9.27. The molecule has 0 spiro atoms. The largest absolute Gasteiger partial charge is 0.363 e. The molecular weight excluding hydrogens is 276 g/mol. The van der Waals surface area contributed by atoms with Crippen molar-refractivity contribution in [2.75, 3.05) is 33.7 Å². The summed E-state index contributed by atoms with van der Waals surface area (Å²) in [5, 5.41) is 3.00. The molecule has 0 bridgehead atoms. The molecule has 2 rings (SSSR count). The molecule has 114 valence electrons. The Labute approximate surface area is 121 Å². The zero-order valence-corrected chi connectivity index (χ0v) is 13.4. The second-order valence-electron chi connectivity index (χ2n) is 5.96. The van der Waals surface area contributed by atoms with Gasteiger partial charge in [-0.15, -0.1) is 0 Å². The summed E-state index contributed by atoms with van der Waals surface area (Å²) in [7, 11) is 0.458. The van der Waals surface area contributed by atoms with Crippen LogP contribution in [0.1, 0.15) is 19.5 Å². The van der Waals surface area contributed by atoms with Crippen LogP contribution in [0.15, 0.2) is 17.2 Å². The molecule has 0 saturated carbocycles. The van der Waals surface area contributed by atoms with Crippen LogP contribution in [0.4, 0.5) is 0 Å². The first-order valence-corrected chi connectivity index (χ1v) is 8.24. The molecular formula is C13H24N4O2S. The number of nitrogens with one attached hydrogen (secondary N) is 2. The molecule has 1 aromatic heterocycles. The lowest BCUT2D eigenvalue weighted by molar-refractivity contribution is 0.0801. The lowest BCUT2D eigenvalue weighted by atomic mass is 10.0. The van der Waals surface area contributed by atoms with Gasteiger partial charge in [0, 0.05) is 43.6 Å². The summed E-state index contributed by atoms with van der Waals surface area (Å²) in [5.41, 5.74) is 0.731. The van der Waals surface area contributed by atoms with E-state index in [9.17, 15) is 8.42 Å². The van der Waals surface area contributed by atoms with Crippen molar-refractivity contribution >= 4 is 10.0 Å². The van der Waals surface area contributed by atoms with Crippen LogP contribution in [0.2, 0.25) is 0 Å². The fourth-order valence-electron chi connectivity index (χ4n) is 2.41. The number of hydrogen-bond acceptors (Lipinski definition) is 4. The number of sulfonamides is 1. The van der Waals surface area contributed by atoms with Gasteiger partial charge in [0.1, 0.15) is 0 Å². The third kappa shape index (κ3) is 2.90. The molecule has 0 unspecified atom stereocenters. The SMILES string of the molecule is CNCc1cc(S(=O)(=O)N2CCN(C)C(C)(C)C2)c[nH]1. The second kappa shape index (κ2) is 5.48. The van der Waals surface area contributed by atoms with Crippen molar-refractivity contribution < 1.29 is 8.42 Å². The van der Waals surface area contributed by atoms with Gasteiger partial charge >= 0.3 is 0 Å². The molecule has 1 aliphatic rings. The molecule has 0 aliphatic carbocycles. The zero-order chi connectivity index (χ0) is 15.0. The van der Waals surface area contributed by atoms with Crippen molar-refractivity contribution in [3.05, 3.63) is 18.0 Å². The number of hydrogen-bond donors (Lipinski definition) is 2. The van der Waals surface area contributed by atoms with Gasteiger partial charge in [0.15, 0.2) is 0 Å². The number of rotatable bonds is 4. The zero-order valence-electron chi connectivity index (χ0n) is 12.6. The number of piperazine rings is 1. The maximum absolute atomic E-state index is 12.7. The lowest BCUT2D eigenvalue weighted by Crippen LogP contribution is -2.58. The summed E-state index contributed by atoms with van der Waals surface area (Å²) in [6.07, 6.45) is 1.58. The number of likely N-dealkylation sites (N-methyl/N-ethyl adjacent to an activating group) is 1. The number of aromatic amines is 1. The molecule has 0 aromatic carbocycles. The van der Waals surface area contributed by atoms with Crippen molar-refractivity contribution in [3.63, 3.8) is 0 Å². The van der Waals surface area contributed by atoms with E-state index < -0.39 is 10.0 Å². The molecule has 1 aliphatic heterocycles. The van der Waals surface area contributed by atoms with Crippen molar-refractivity contribution in [1.82, 2.24) is 19.5 Å². The first-order valence-electron chi connectivity index (χ1n) is 6.80. The van der Waals surface area contributed by atoms with Crippen molar-refractivity contribution in [1.29, 1.82) is 0 Å². The molecule has 0 atom stereocenters. The van der Waals surface area contributed by atoms with Crippen molar-refractivity contribution in [3.8, 4) is 0 Å². The predicted molar refractivity (Wildman–Crippen MR) is 79.0 cm³/mol. The Bertz CT molecular complexity index is 565. The van der Waals surface area contributed by atoms with Crippen LogP contribution in [-0.2, 0) is 16.6 Å². The van der Waals surface area contributed by atoms with Gasteiger partial charge < -0.3 is 10.3 Å². The highest BCUT2D eigenvalue weighted by molar-refractivity contribution is 7.89. The number of H-pyrrole nitrogens is 1. The van der Waals surface area contributed by atoms with Crippen LogP contribution in [0, 0.1) is 0 Å². The van der Waals surface area contributed by atoms with E-state index in [4.69, 9.17) is 0 Å². The van der Waals surface area contributed by atoms with E-state index in [0.29, 0.717) is 24.5 Å². The molecule has 0 amide bonds. The van der Waals surface area contributed by atoms with Crippen LogP contribution in [0.5, 0.6) is 0 Å². The lowest BCUT2D eigenvalue weighted by Gasteiger charge is -2.44. The summed E-state index contributed by atoms with van der Waals surface area (Å²) < 4.78 is 26.9. The minimum Gasteiger partial charge on any atom is -0.363 e. The molecule has 1 saturated heterocycles. The normalized spacial score (nSPS) is 21.2. The first kappa shape index (κ1) is 15.5. The quantitative estimate of drug-likeness (QED) is 0.847. The second-order valence-corrected chi connectivity index (χ2v) is 7.90. The Morgan fingerprint density at radius 2 is 2.10 bits per heavy atom. The van der Waals surface area contributed by atoms with E-state index in [1.807, 2.05) is 14.1 Å². The Morgan fingerprint density at radius 1 is 1.40 bits per heavy atom. The van der Waals surface area contributed by atoms with E-state index in [1.54, 1.807) is 16.6 Å². The van der Waals surface area contributed by atoms with Gasteiger partial charge in [-0.2, -0.15) is 4.31 Å². The maximum atomic E-state index is 12.7. The molecule has 20 heavy (non-hydrogen) atoms. The third-order valence-electron chi connectivity index (χ3n) is 4.00. The van der Waals surface area contributed by atoms with E-state index in [2.05, 4.69) is 29.0 Å². The van der Waals surface area contributed by atoms with Gasteiger partial charge in [0.05, 0.1) is 4.90 Å². The summed E-state index contributed by atoms with van der Waals surface area (Å²) in [4.78, 5) is 5.55. The highest BCUT2D eigenvalue weighted by Gasteiger charge is 2.37. The smallest absolute Gasteiger partial charge is 0.244 e. The Kier molecular flexibility index (Phi) is 4.24. The Hall–Kier alpha value is -0.890. The average Bonchev–Trinajstić information content (AvgIpc) is 2.82. The topological polar surface area (TPSA) is 68.4 Å². The Balaban J connectivity index is 2.21. The highest BCUT2D eigenvalue weighted by atomic mass is 32.2. The minimum atomic E-state index is -3.41. The van der Waals surface area contributed by atoms with E-state index in [1.165, 1.54) is 0 Å². The van der Waals surface area contributed by atoms with Gasteiger partial charge in [0.2, 0.25) is 10.0 Å². The summed E-state index contributed by atoms with van der Waals surface area (Å²) in [6.45, 7) is 6.56. The van der Waals surface area contributed by atoms with Crippen LogP contribution < -0.4 is 5.32 Å². The summed E-state index contributed by atoms with van der Waals surface area (Å²) >= 11 is 0. The molecule has 2 heterocycles. The number of nitrogens with zero attached hydrogens (tertiary/aromatic N) is 2. The summed E-state index contributed by atoms with van der Waals surface area (Å²) in [6, 6.07) is 1.71. The van der Waals surface area contributed by atoms with Gasteiger partial charge in [-0.3, -0.25) is 4.90 Å². The minimum absolute atomic E-state index is 0.143. The molecule has 6 nitrogen and oxygen atoms in total. The third-order valence-corrected chi connectivity index (χ3v) is 5.83. The van der Waals surface area contributed by atoms with Crippen molar-refractivity contribution in [2.45, 2.75) is 30.8 Å². The molecule has 2 N–H and O–H groups in total. The van der Waals surface area contributed by atoms with Crippen LogP contribution >= 0.6 is 0 Å². The van der Waals surface area contributed by atoms with Crippen molar-refractivity contribution in [2.24, 2.45) is 0 Å². The van der Waals surface area contributed by atoms with Crippen LogP contribution in [-0.4, -0.2) is 61.9 Å². The van der Waals surface area contributed by atoms with Crippen LogP contribution in [0.3, 0.4) is 0 Å². The Morgan fingerprint density at radius 3 is 2.70 bits per heavy atom. The maximum Gasteiger partial charge on any atom is 0.244 e. The molecule has 1 aromatic rings. The fraction of sp³-hybridized carbons (Fsp3) is 0.692. The van der Waals surface area contributed by atoms with E-state index in [-0.39, 0.29) is 5.54 Å². The van der Waals surface area contributed by atoms with E-state index >= 15 is 0 Å². The molecule has 1 fully saturated rings. The van der Waals surface area contributed by atoms with Gasteiger partial charge in [-0.05, 0) is 34.0 Å². The molecule has 7 heteroatoms. The highest BCUT2D eigenvalue weighted by Crippen LogP contribution is 2.25. The summed E-state index contributed by atoms with van der Waals surface area (Å²) in [5.74, 6) is 0. The average molecular weight is 300 g/mol. The number of aromatic nitrogens is 1. The molecule has 0 radical (unpaired) electrons. The standard InChI is InChI=1S/C13H24N4O2S/c1-13(2)10-17(6-5-16(13)4)20(18,19)12-7-11(8-14-3)15-9-12/h7,9,14-15H,5-6,8,10H2,1-4H3.